The van der Waals surface area contributed by atoms with Crippen LogP contribution in [0, 0.1) is 0 Å². The van der Waals surface area contributed by atoms with Crippen molar-refractivity contribution < 1.29 is 9.90 Å². The number of hydrogen-bond acceptors (Lipinski definition) is 2. The summed E-state index contributed by atoms with van der Waals surface area (Å²) < 4.78 is 0. The van der Waals surface area contributed by atoms with Gasteiger partial charge < -0.3 is 10.0 Å². The van der Waals surface area contributed by atoms with Gasteiger partial charge in [0, 0.05) is 18.7 Å². The number of nitrogens with zero attached hydrogens (tertiary/aromatic N) is 1. The van der Waals surface area contributed by atoms with Crippen LogP contribution < -0.4 is 0 Å². The molecule has 1 aliphatic heterocycles. The van der Waals surface area contributed by atoms with Gasteiger partial charge in [-0.3, -0.25) is 4.79 Å². The summed E-state index contributed by atoms with van der Waals surface area (Å²) in [5, 5.41) is 9.42. The van der Waals surface area contributed by atoms with Gasteiger partial charge in [-0.15, -0.1) is 0 Å². The van der Waals surface area contributed by atoms with Gasteiger partial charge in [0.15, 0.2) is 0 Å². The number of carbonyl (C=O) groups is 1. The van der Waals surface area contributed by atoms with Gasteiger partial charge >= 0.3 is 0 Å². The summed E-state index contributed by atoms with van der Waals surface area (Å²) in [4.78, 5) is 13.8. The molecule has 1 amide bonds. The fraction of sp³-hybridized carbons (Fsp3) is 0.500. The highest BCUT2D eigenvalue weighted by Gasteiger charge is 2.25. The lowest BCUT2D eigenvalue weighted by molar-refractivity contribution is 0.0765. The van der Waals surface area contributed by atoms with Crippen molar-refractivity contribution in [2.24, 2.45) is 0 Å². The van der Waals surface area contributed by atoms with Crippen LogP contribution in [0.3, 0.4) is 0 Å². The van der Waals surface area contributed by atoms with Crippen LogP contribution in [0.2, 0.25) is 0 Å². The third-order valence-electron chi connectivity index (χ3n) is 3.19. The highest BCUT2D eigenvalue weighted by Crippen LogP contribution is 2.14. The Labute approximate surface area is 102 Å². The summed E-state index contributed by atoms with van der Waals surface area (Å²) in [6, 6.07) is 7.81. The maximum absolute atomic E-state index is 12.1. The molecule has 1 aliphatic rings. The Morgan fingerprint density at radius 3 is 2.65 bits per heavy atom. The van der Waals surface area contributed by atoms with E-state index in [1.165, 1.54) is 5.56 Å². The normalized spacial score (nSPS) is 19.6. The minimum absolute atomic E-state index is 0.0320. The van der Waals surface area contributed by atoms with E-state index in [1.807, 2.05) is 24.3 Å². The molecule has 1 aromatic carbocycles. The first kappa shape index (κ1) is 12.1. The Hall–Kier alpha value is -1.35. The van der Waals surface area contributed by atoms with Crippen molar-refractivity contribution in [3.63, 3.8) is 0 Å². The average Bonchev–Trinajstić information content (AvgIpc) is 2.76. The van der Waals surface area contributed by atoms with Gasteiger partial charge in [-0.1, -0.05) is 25.5 Å². The molecule has 3 nitrogen and oxygen atoms in total. The van der Waals surface area contributed by atoms with E-state index in [4.69, 9.17) is 0 Å². The largest absolute Gasteiger partial charge is 0.391 e. The van der Waals surface area contributed by atoms with Crippen LogP contribution in [0.5, 0.6) is 0 Å². The van der Waals surface area contributed by atoms with Crippen molar-refractivity contribution in [2.45, 2.75) is 32.3 Å². The average molecular weight is 233 g/mol. The van der Waals surface area contributed by atoms with Crippen LogP contribution >= 0.6 is 0 Å². The van der Waals surface area contributed by atoms with Crippen LogP contribution in [-0.2, 0) is 6.42 Å². The molecule has 1 N–H and O–H groups in total. The van der Waals surface area contributed by atoms with E-state index in [0.29, 0.717) is 19.5 Å². The van der Waals surface area contributed by atoms with Crippen LogP contribution in [0.15, 0.2) is 24.3 Å². The van der Waals surface area contributed by atoms with Gasteiger partial charge in [0.2, 0.25) is 0 Å². The molecule has 0 aromatic heterocycles. The second-order valence-electron chi connectivity index (χ2n) is 4.64. The Kier molecular flexibility index (Phi) is 3.79. The molecule has 1 aromatic rings. The van der Waals surface area contributed by atoms with Crippen molar-refractivity contribution in [1.29, 1.82) is 0 Å². The number of amides is 1. The molecule has 0 bridgehead atoms. The Morgan fingerprint density at radius 1 is 1.41 bits per heavy atom. The molecular weight excluding hydrogens is 214 g/mol. The van der Waals surface area contributed by atoms with Crippen molar-refractivity contribution in [2.75, 3.05) is 13.1 Å². The topological polar surface area (TPSA) is 40.5 Å². The fourth-order valence-electron chi connectivity index (χ4n) is 2.21. The molecule has 1 fully saturated rings. The molecule has 0 radical (unpaired) electrons. The number of aliphatic hydroxyl groups excluding tert-OH is 1. The molecule has 92 valence electrons. The number of β-amino-alcohol motifs (C(OH)–C–C–N with tert-alkyl or cyclic N) is 1. The third kappa shape index (κ3) is 2.86. The van der Waals surface area contributed by atoms with Gasteiger partial charge in [0.05, 0.1) is 6.10 Å². The predicted molar refractivity (Wildman–Crippen MR) is 67.0 cm³/mol. The zero-order valence-electron chi connectivity index (χ0n) is 10.2. The quantitative estimate of drug-likeness (QED) is 0.865. The van der Waals surface area contributed by atoms with Gasteiger partial charge in [-0.2, -0.15) is 0 Å². The summed E-state index contributed by atoms with van der Waals surface area (Å²) in [6.45, 7) is 3.27. The lowest BCUT2D eigenvalue weighted by atomic mass is 10.1. The van der Waals surface area contributed by atoms with E-state index >= 15 is 0 Å². The zero-order valence-corrected chi connectivity index (χ0v) is 10.2. The number of aryl methyl sites for hydroxylation is 1. The molecule has 0 aliphatic carbocycles. The van der Waals surface area contributed by atoms with Crippen LogP contribution in [0.1, 0.15) is 35.7 Å². The maximum Gasteiger partial charge on any atom is 0.253 e. The lowest BCUT2D eigenvalue weighted by Gasteiger charge is -2.15. The number of likely N-dealkylation sites (tertiary alicyclic amines) is 1. The highest BCUT2D eigenvalue weighted by atomic mass is 16.3. The first-order valence-electron chi connectivity index (χ1n) is 6.27. The Morgan fingerprint density at radius 2 is 2.12 bits per heavy atom. The predicted octanol–water partition coefficient (Wildman–Crippen LogP) is 1.85. The molecule has 17 heavy (non-hydrogen) atoms. The SMILES string of the molecule is CCCc1ccc(C(=O)N2CC[C@H](O)C2)cc1. The van der Waals surface area contributed by atoms with E-state index in [-0.39, 0.29) is 12.0 Å². The molecular formula is C14H19NO2. The number of rotatable bonds is 3. The van der Waals surface area contributed by atoms with Gasteiger partial charge in [0.25, 0.3) is 5.91 Å². The number of benzene rings is 1. The summed E-state index contributed by atoms with van der Waals surface area (Å²) in [6.07, 6.45) is 2.51. The summed E-state index contributed by atoms with van der Waals surface area (Å²) in [5.74, 6) is 0.0320. The van der Waals surface area contributed by atoms with Crippen LogP contribution in [-0.4, -0.2) is 35.1 Å². The zero-order chi connectivity index (χ0) is 12.3. The lowest BCUT2D eigenvalue weighted by Crippen LogP contribution is -2.29. The van der Waals surface area contributed by atoms with Crippen molar-refractivity contribution in [3.8, 4) is 0 Å². The van der Waals surface area contributed by atoms with Crippen molar-refractivity contribution in [3.05, 3.63) is 35.4 Å². The molecule has 0 spiro atoms. The maximum atomic E-state index is 12.1. The van der Waals surface area contributed by atoms with Crippen molar-refractivity contribution in [1.82, 2.24) is 4.90 Å². The molecule has 1 heterocycles. The van der Waals surface area contributed by atoms with Gasteiger partial charge in [0.1, 0.15) is 0 Å². The summed E-state index contributed by atoms with van der Waals surface area (Å²) >= 11 is 0. The smallest absolute Gasteiger partial charge is 0.253 e. The first-order chi connectivity index (χ1) is 8.20. The fourth-order valence-corrected chi connectivity index (χ4v) is 2.21. The minimum atomic E-state index is -0.349. The van der Waals surface area contributed by atoms with E-state index in [9.17, 15) is 9.90 Å². The Bertz CT molecular complexity index is 386. The molecule has 1 saturated heterocycles. The summed E-state index contributed by atoms with van der Waals surface area (Å²) in [5.41, 5.74) is 1.99. The monoisotopic (exact) mass is 233 g/mol. The van der Waals surface area contributed by atoms with E-state index in [2.05, 4.69) is 6.92 Å². The number of carbonyl (C=O) groups excluding carboxylic acids is 1. The molecule has 0 unspecified atom stereocenters. The molecule has 3 heteroatoms. The first-order valence-corrected chi connectivity index (χ1v) is 6.27. The standard InChI is InChI=1S/C14H19NO2/c1-2-3-11-4-6-12(7-5-11)14(17)15-9-8-13(16)10-15/h4-7,13,16H,2-3,8-10H2,1H3/t13-/m0/s1. The van der Waals surface area contributed by atoms with Crippen molar-refractivity contribution >= 4 is 5.91 Å². The number of hydrogen-bond donors (Lipinski definition) is 1. The van der Waals surface area contributed by atoms with Gasteiger partial charge in [-0.05, 0) is 30.5 Å². The van der Waals surface area contributed by atoms with Crippen LogP contribution in [0.25, 0.3) is 0 Å². The second kappa shape index (κ2) is 5.32. The van der Waals surface area contributed by atoms with Crippen LogP contribution in [0.4, 0.5) is 0 Å². The van der Waals surface area contributed by atoms with E-state index < -0.39 is 0 Å². The van der Waals surface area contributed by atoms with Gasteiger partial charge in [-0.25, -0.2) is 0 Å². The molecule has 1 atom stereocenters. The third-order valence-corrected chi connectivity index (χ3v) is 3.19. The highest BCUT2D eigenvalue weighted by molar-refractivity contribution is 5.94. The molecule has 0 saturated carbocycles. The minimum Gasteiger partial charge on any atom is -0.391 e. The van der Waals surface area contributed by atoms with E-state index in [0.717, 1.165) is 18.4 Å². The molecule has 2 rings (SSSR count). The second-order valence-corrected chi connectivity index (χ2v) is 4.64. The number of aliphatic hydroxyl groups is 1. The Balaban J connectivity index is 2.04. The van der Waals surface area contributed by atoms with E-state index in [1.54, 1.807) is 4.90 Å². The summed E-state index contributed by atoms with van der Waals surface area (Å²) in [7, 11) is 0.